The van der Waals surface area contributed by atoms with Crippen molar-refractivity contribution < 1.29 is 30.0 Å². The molecule has 0 radical (unpaired) electrons. The maximum Gasteiger partial charge on any atom is 0.339 e. The van der Waals surface area contributed by atoms with Crippen molar-refractivity contribution >= 4 is 20.2 Å². The molecule has 0 heterocycles. The molecule has 0 amide bonds. The molecular formula is C12H9FO6S2. The Morgan fingerprint density at radius 1 is 0.810 bits per heavy atom. The van der Waals surface area contributed by atoms with E-state index >= 15 is 0 Å². The standard InChI is InChI=1S/C12H9FO6S2/c13-9-1-5-12(6-2-9)21(17,18)19-10-3-7-11(8-4-10)20(14,15)16/h1-8H,(H,14,15,16). The summed E-state index contributed by atoms with van der Waals surface area (Å²) in [6, 6.07) is 8.15. The van der Waals surface area contributed by atoms with Crippen LogP contribution in [-0.4, -0.2) is 21.4 Å². The first-order chi connectivity index (χ1) is 9.68. The average Bonchev–Trinajstić information content (AvgIpc) is 2.38. The van der Waals surface area contributed by atoms with Gasteiger partial charge in [0.1, 0.15) is 16.5 Å². The van der Waals surface area contributed by atoms with Crippen LogP contribution in [0.2, 0.25) is 0 Å². The number of hydrogen-bond acceptors (Lipinski definition) is 5. The Bertz CT molecular complexity index is 840. The maximum absolute atomic E-state index is 12.7. The third-order valence-corrected chi connectivity index (χ3v) is 4.56. The van der Waals surface area contributed by atoms with Crippen molar-refractivity contribution in [2.75, 3.05) is 0 Å². The summed E-state index contributed by atoms with van der Waals surface area (Å²) < 4.78 is 71.8. The van der Waals surface area contributed by atoms with Crippen molar-refractivity contribution in [3.05, 3.63) is 54.3 Å². The summed E-state index contributed by atoms with van der Waals surface area (Å²) in [5, 5.41) is 0. The highest BCUT2D eigenvalue weighted by Gasteiger charge is 2.17. The fraction of sp³-hybridized carbons (Fsp3) is 0. The van der Waals surface area contributed by atoms with E-state index in [9.17, 15) is 21.2 Å². The first kappa shape index (κ1) is 15.4. The van der Waals surface area contributed by atoms with E-state index < -0.39 is 30.9 Å². The summed E-state index contributed by atoms with van der Waals surface area (Å²) in [5.41, 5.74) is 0. The molecular weight excluding hydrogens is 323 g/mol. The van der Waals surface area contributed by atoms with Crippen molar-refractivity contribution in [3.8, 4) is 5.75 Å². The lowest BCUT2D eigenvalue weighted by Crippen LogP contribution is -2.09. The highest BCUT2D eigenvalue weighted by molar-refractivity contribution is 7.87. The van der Waals surface area contributed by atoms with Crippen molar-refractivity contribution in [1.82, 2.24) is 0 Å². The highest BCUT2D eigenvalue weighted by atomic mass is 32.2. The second-order valence-electron chi connectivity index (χ2n) is 3.94. The molecule has 2 aromatic carbocycles. The fourth-order valence-electron chi connectivity index (χ4n) is 1.44. The summed E-state index contributed by atoms with van der Waals surface area (Å²) in [6.07, 6.45) is 0. The zero-order valence-corrected chi connectivity index (χ0v) is 11.9. The van der Waals surface area contributed by atoms with Crippen LogP contribution in [0.15, 0.2) is 58.3 Å². The Labute approximate surface area is 120 Å². The Hall–Kier alpha value is -1.97. The summed E-state index contributed by atoms with van der Waals surface area (Å²) in [7, 11) is -8.52. The second-order valence-corrected chi connectivity index (χ2v) is 6.91. The molecule has 0 aromatic heterocycles. The van der Waals surface area contributed by atoms with Crippen molar-refractivity contribution in [2.24, 2.45) is 0 Å². The molecule has 6 nitrogen and oxygen atoms in total. The fourth-order valence-corrected chi connectivity index (χ4v) is 2.85. The Balaban J connectivity index is 2.27. The normalized spacial score (nSPS) is 12.1. The summed E-state index contributed by atoms with van der Waals surface area (Å²) in [5.74, 6) is -0.738. The maximum atomic E-state index is 12.7. The van der Waals surface area contributed by atoms with Crippen LogP contribution < -0.4 is 4.18 Å². The van der Waals surface area contributed by atoms with E-state index in [1.54, 1.807) is 0 Å². The monoisotopic (exact) mass is 332 g/mol. The predicted molar refractivity (Wildman–Crippen MR) is 70.5 cm³/mol. The van der Waals surface area contributed by atoms with E-state index in [0.29, 0.717) is 0 Å². The average molecular weight is 332 g/mol. The molecule has 0 aliphatic rings. The van der Waals surface area contributed by atoms with E-state index in [1.165, 1.54) is 0 Å². The Morgan fingerprint density at radius 3 is 1.76 bits per heavy atom. The molecule has 0 saturated heterocycles. The molecule has 9 heteroatoms. The Kier molecular flexibility index (Phi) is 3.99. The summed E-state index contributed by atoms with van der Waals surface area (Å²) in [4.78, 5) is -0.642. The minimum atomic E-state index is -4.37. The van der Waals surface area contributed by atoms with Gasteiger partial charge < -0.3 is 4.18 Å². The van der Waals surface area contributed by atoms with Gasteiger partial charge in [-0.2, -0.15) is 16.8 Å². The van der Waals surface area contributed by atoms with Gasteiger partial charge >= 0.3 is 10.1 Å². The van der Waals surface area contributed by atoms with Gasteiger partial charge in [-0.25, -0.2) is 4.39 Å². The second kappa shape index (κ2) is 5.43. The van der Waals surface area contributed by atoms with Crippen molar-refractivity contribution in [2.45, 2.75) is 9.79 Å². The molecule has 0 unspecified atom stereocenters. The molecule has 0 spiro atoms. The van der Waals surface area contributed by atoms with E-state index in [4.69, 9.17) is 8.74 Å². The summed E-state index contributed by atoms with van der Waals surface area (Å²) in [6.45, 7) is 0. The highest BCUT2D eigenvalue weighted by Crippen LogP contribution is 2.20. The molecule has 1 N–H and O–H groups in total. The van der Waals surface area contributed by atoms with Crippen molar-refractivity contribution in [3.63, 3.8) is 0 Å². The first-order valence-electron chi connectivity index (χ1n) is 5.46. The lowest BCUT2D eigenvalue weighted by Gasteiger charge is -2.07. The van der Waals surface area contributed by atoms with Gasteiger partial charge in [-0.05, 0) is 48.5 Å². The SMILES string of the molecule is O=S(=O)(O)c1ccc(OS(=O)(=O)c2ccc(F)cc2)cc1. The molecule has 2 aromatic rings. The van der Waals surface area contributed by atoms with Gasteiger partial charge in [0.25, 0.3) is 10.1 Å². The van der Waals surface area contributed by atoms with Gasteiger partial charge in [0.05, 0.1) is 4.90 Å². The number of benzene rings is 2. The lowest BCUT2D eigenvalue weighted by molar-refractivity contribution is 0.482. The molecule has 0 atom stereocenters. The van der Waals surface area contributed by atoms with Crippen molar-refractivity contribution in [1.29, 1.82) is 0 Å². The quantitative estimate of drug-likeness (QED) is 0.678. The van der Waals surface area contributed by atoms with Crippen LogP contribution >= 0.6 is 0 Å². The predicted octanol–water partition coefficient (Wildman–Crippen LogP) is 1.84. The summed E-state index contributed by atoms with van der Waals surface area (Å²) >= 11 is 0. The molecule has 0 fully saturated rings. The van der Waals surface area contributed by atoms with Gasteiger partial charge in [0, 0.05) is 0 Å². The molecule has 0 aliphatic heterocycles. The van der Waals surface area contributed by atoms with Crippen LogP contribution in [0.25, 0.3) is 0 Å². The molecule has 21 heavy (non-hydrogen) atoms. The minimum absolute atomic E-state index is 0.147. The molecule has 2 rings (SSSR count). The number of rotatable bonds is 4. The van der Waals surface area contributed by atoms with Crippen LogP contribution in [0.1, 0.15) is 0 Å². The zero-order chi connectivity index (χ0) is 15.7. The third kappa shape index (κ3) is 3.78. The number of halogens is 1. The molecule has 0 saturated carbocycles. The minimum Gasteiger partial charge on any atom is -0.379 e. The topological polar surface area (TPSA) is 97.7 Å². The van der Waals surface area contributed by atoms with Gasteiger partial charge in [-0.1, -0.05) is 0 Å². The largest absolute Gasteiger partial charge is 0.379 e. The first-order valence-corrected chi connectivity index (χ1v) is 8.31. The van der Waals surface area contributed by atoms with Gasteiger partial charge in [-0.3, -0.25) is 4.55 Å². The van der Waals surface area contributed by atoms with Crippen LogP contribution in [0, 0.1) is 5.82 Å². The smallest absolute Gasteiger partial charge is 0.339 e. The van der Waals surface area contributed by atoms with E-state index in [0.717, 1.165) is 48.5 Å². The van der Waals surface area contributed by atoms with E-state index in [2.05, 4.69) is 0 Å². The third-order valence-electron chi connectivity index (χ3n) is 2.43. The number of hydrogen-bond donors (Lipinski definition) is 1. The Morgan fingerprint density at radius 2 is 1.29 bits per heavy atom. The molecule has 112 valence electrons. The van der Waals surface area contributed by atoms with Crippen LogP contribution in [0.3, 0.4) is 0 Å². The van der Waals surface area contributed by atoms with Crippen LogP contribution in [0.4, 0.5) is 4.39 Å². The van der Waals surface area contributed by atoms with Crippen LogP contribution in [-0.2, 0) is 20.2 Å². The molecule has 0 bridgehead atoms. The van der Waals surface area contributed by atoms with Gasteiger partial charge in [-0.15, -0.1) is 0 Å². The van der Waals surface area contributed by atoms with E-state index in [1.807, 2.05) is 0 Å². The lowest BCUT2D eigenvalue weighted by atomic mass is 10.3. The van der Waals surface area contributed by atoms with Gasteiger partial charge in [0.15, 0.2) is 0 Å². The molecule has 0 aliphatic carbocycles. The van der Waals surface area contributed by atoms with Crippen LogP contribution in [0.5, 0.6) is 5.75 Å². The zero-order valence-electron chi connectivity index (χ0n) is 10.3. The van der Waals surface area contributed by atoms with Gasteiger partial charge in [0.2, 0.25) is 0 Å². The van der Waals surface area contributed by atoms with E-state index in [-0.39, 0.29) is 10.6 Å².